The second kappa shape index (κ2) is 11.8. The van der Waals surface area contributed by atoms with Gasteiger partial charge in [0.2, 0.25) is 0 Å². The van der Waals surface area contributed by atoms with Gasteiger partial charge >= 0.3 is 0 Å². The maximum absolute atomic E-state index is 2.45. The van der Waals surface area contributed by atoms with Gasteiger partial charge in [-0.15, -0.1) is 24.9 Å². The molecule has 0 saturated heterocycles. The number of benzene rings is 5. The summed E-state index contributed by atoms with van der Waals surface area (Å²) in [5, 5.41) is 12.5. The van der Waals surface area contributed by atoms with Crippen molar-refractivity contribution >= 4 is 56.3 Å². The summed E-state index contributed by atoms with van der Waals surface area (Å²) in [4.78, 5) is 0. The second-order valence-electron chi connectivity index (χ2n) is 13.1. The van der Waals surface area contributed by atoms with Crippen LogP contribution in [0.2, 0.25) is 0 Å². The molecule has 0 unspecified atom stereocenters. The molecular weight excluding hydrogens is 567 g/mol. The molecule has 0 N–H and O–H groups in total. The van der Waals surface area contributed by atoms with E-state index < -0.39 is 0 Å². The van der Waals surface area contributed by atoms with E-state index in [-0.39, 0.29) is 35.3 Å². The third-order valence-electron chi connectivity index (χ3n) is 7.92. The van der Waals surface area contributed by atoms with Crippen LogP contribution in [0, 0.1) is 0 Å². The molecule has 0 nitrogen and oxygen atoms in total. The molecule has 0 saturated carbocycles. The van der Waals surface area contributed by atoms with Crippen molar-refractivity contribution in [3.05, 3.63) is 127 Å². The monoisotopic (exact) mass is 606 g/mol. The van der Waals surface area contributed by atoms with E-state index in [0.29, 0.717) is 0 Å². The van der Waals surface area contributed by atoms with E-state index in [2.05, 4.69) is 139 Å². The van der Waals surface area contributed by atoms with Crippen molar-refractivity contribution in [2.75, 3.05) is 0 Å². The third-order valence-corrected chi connectivity index (χ3v) is 11.5. The van der Waals surface area contributed by atoms with E-state index in [4.69, 9.17) is 0 Å². The molecular formula is C40H39FeP-6. The van der Waals surface area contributed by atoms with Crippen LogP contribution < -0.4 is 5.30 Å². The summed E-state index contributed by atoms with van der Waals surface area (Å²) in [6.07, 6.45) is 0. The van der Waals surface area contributed by atoms with Crippen LogP contribution in [0.3, 0.4) is 0 Å². The van der Waals surface area contributed by atoms with Crippen molar-refractivity contribution in [1.82, 2.24) is 0 Å². The second-order valence-corrected chi connectivity index (χ2v) is 16.9. The van der Waals surface area contributed by atoms with Crippen LogP contribution in [0.15, 0.2) is 127 Å². The Morgan fingerprint density at radius 2 is 1.00 bits per heavy atom. The van der Waals surface area contributed by atoms with Crippen LogP contribution >= 0.6 is 7.92 Å². The Balaban J connectivity index is 0.000000534. The van der Waals surface area contributed by atoms with Gasteiger partial charge in [-0.05, 0) is 66.2 Å². The SMILES string of the molecule is CC(C)(C)P([c-]1cccc1-c1cccc2cc3ccc4cc5ccccc5cc4c3cc12)C(C)(C)C.[Fe].[cH-]1[cH-][cH-][cH-][cH-]1. The third kappa shape index (κ3) is 5.84. The van der Waals surface area contributed by atoms with Crippen LogP contribution in [0.4, 0.5) is 0 Å². The Morgan fingerprint density at radius 1 is 0.500 bits per heavy atom. The Bertz CT molecular complexity index is 1930. The molecule has 7 rings (SSSR count). The largest absolute Gasteiger partial charge is 0.748 e. The first-order valence-electron chi connectivity index (χ1n) is 14.6. The van der Waals surface area contributed by atoms with Gasteiger partial charge in [0.1, 0.15) is 0 Å². The molecule has 0 radical (unpaired) electrons. The summed E-state index contributed by atoms with van der Waals surface area (Å²) in [7, 11) is -0.383. The normalized spacial score (nSPS) is 12.1. The molecule has 0 aromatic heterocycles. The van der Waals surface area contributed by atoms with Gasteiger partial charge < -0.3 is 30.3 Å². The fraction of sp³-hybridized carbons (Fsp3) is 0.200. The van der Waals surface area contributed by atoms with Crippen molar-refractivity contribution in [1.29, 1.82) is 0 Å². The average Bonchev–Trinajstić information content (AvgIpc) is 3.65. The number of fused-ring (bicyclic) bond motifs is 5. The van der Waals surface area contributed by atoms with Gasteiger partial charge in [0.15, 0.2) is 0 Å². The molecule has 0 heterocycles. The van der Waals surface area contributed by atoms with Crippen LogP contribution in [0.1, 0.15) is 41.5 Å². The molecule has 0 atom stereocenters. The van der Waals surface area contributed by atoms with Gasteiger partial charge in [0.25, 0.3) is 0 Å². The van der Waals surface area contributed by atoms with Crippen molar-refractivity contribution in [2.45, 2.75) is 51.9 Å². The predicted octanol–water partition coefficient (Wildman–Crippen LogP) is 11.8. The zero-order valence-corrected chi connectivity index (χ0v) is 27.4. The first-order chi connectivity index (χ1) is 19.6. The molecule has 0 bridgehead atoms. The van der Waals surface area contributed by atoms with E-state index in [1.54, 1.807) is 0 Å². The van der Waals surface area contributed by atoms with Gasteiger partial charge in [-0.1, -0.05) is 113 Å². The summed E-state index contributed by atoms with van der Waals surface area (Å²) < 4.78 is 0. The summed E-state index contributed by atoms with van der Waals surface area (Å²) >= 11 is 0. The van der Waals surface area contributed by atoms with Crippen LogP contribution in [0.5, 0.6) is 0 Å². The molecule has 0 aliphatic heterocycles. The Hall–Kier alpha value is -3.21. The van der Waals surface area contributed by atoms with E-state index in [1.807, 2.05) is 30.3 Å². The Labute approximate surface area is 262 Å². The van der Waals surface area contributed by atoms with Crippen molar-refractivity contribution in [3.63, 3.8) is 0 Å². The van der Waals surface area contributed by atoms with Crippen LogP contribution in [0.25, 0.3) is 54.2 Å². The molecule has 42 heavy (non-hydrogen) atoms. The molecule has 0 spiro atoms. The number of hydrogen-bond acceptors (Lipinski definition) is 0. The predicted molar refractivity (Wildman–Crippen MR) is 186 cm³/mol. The maximum Gasteiger partial charge on any atom is 0 e. The quantitative estimate of drug-likeness (QED) is 0.0604. The Morgan fingerprint density at radius 3 is 1.60 bits per heavy atom. The van der Waals surface area contributed by atoms with Gasteiger partial charge in [-0.2, -0.15) is 12.1 Å². The first-order valence-corrected chi connectivity index (χ1v) is 16.0. The molecule has 0 amide bonds. The zero-order chi connectivity index (χ0) is 28.8. The summed E-state index contributed by atoms with van der Waals surface area (Å²) in [5.74, 6) is 0. The van der Waals surface area contributed by atoms with Crippen molar-refractivity contribution in [2.24, 2.45) is 0 Å². The molecule has 0 aliphatic carbocycles. The van der Waals surface area contributed by atoms with Gasteiger partial charge in [0, 0.05) is 17.1 Å². The summed E-state index contributed by atoms with van der Waals surface area (Å²) in [5.41, 5.74) is 2.76. The molecule has 0 aliphatic rings. The summed E-state index contributed by atoms with van der Waals surface area (Å²) in [6, 6.07) is 46.6. The fourth-order valence-corrected chi connectivity index (χ4v) is 10.8. The van der Waals surface area contributed by atoms with E-state index >= 15 is 0 Å². The first kappa shape index (κ1) is 30.3. The maximum atomic E-state index is 2.45. The van der Waals surface area contributed by atoms with Crippen molar-refractivity contribution in [3.8, 4) is 11.1 Å². The average molecular weight is 607 g/mol. The van der Waals surface area contributed by atoms with Gasteiger partial charge in [0.05, 0.1) is 0 Å². The minimum atomic E-state index is -0.383. The topological polar surface area (TPSA) is 0 Å². The van der Waals surface area contributed by atoms with E-state index in [0.717, 1.165) is 0 Å². The molecule has 0 fully saturated rings. The number of rotatable bonds is 2. The van der Waals surface area contributed by atoms with E-state index in [9.17, 15) is 0 Å². The standard InChI is InChI=1S/C35H34P.C5H5.Fe/c1-34(2,3)36(35(4,5)6)33-16-10-15-29(33)28-14-9-13-25-20-27-18-17-26-19-23-11-7-8-12-24(23)21-30(26)32(27)22-31(25)28;1-2-4-5-3-1;/h7-22H,1-6H3;1-5H;/q-1;-5;. The summed E-state index contributed by atoms with van der Waals surface area (Å²) in [6.45, 7) is 14.5. The van der Waals surface area contributed by atoms with Gasteiger partial charge in [-0.25, -0.2) is 0 Å². The number of hydrogen-bond donors (Lipinski definition) is 0. The van der Waals surface area contributed by atoms with E-state index in [1.165, 1.54) is 59.5 Å². The smallest absolute Gasteiger partial charge is 0 e. The minimum Gasteiger partial charge on any atom is -0.748 e. The van der Waals surface area contributed by atoms with Crippen molar-refractivity contribution < 1.29 is 17.1 Å². The minimum absolute atomic E-state index is 0. The molecule has 7 aromatic carbocycles. The van der Waals surface area contributed by atoms with Gasteiger partial charge in [-0.3, -0.25) is 0 Å². The van der Waals surface area contributed by atoms with Crippen LogP contribution in [-0.2, 0) is 17.1 Å². The molecule has 218 valence electrons. The fourth-order valence-electron chi connectivity index (χ4n) is 6.64. The molecule has 7 aromatic rings. The molecule has 2 heteroatoms. The zero-order valence-electron chi connectivity index (χ0n) is 25.4. The van der Waals surface area contributed by atoms with Crippen LogP contribution in [-0.4, -0.2) is 10.3 Å². The Kier molecular flexibility index (Phi) is 8.51.